The Balaban J connectivity index is 2.13. The number of anilines is 1. The van der Waals surface area contributed by atoms with Crippen LogP contribution in [0.2, 0.25) is 5.02 Å². The molecule has 2 rings (SSSR count). The summed E-state index contributed by atoms with van der Waals surface area (Å²) in [5.74, 6) is 0.428. The molecule has 3 N–H and O–H groups in total. The third-order valence-electron chi connectivity index (χ3n) is 3.77. The Bertz CT molecular complexity index is 510. The maximum absolute atomic E-state index is 11.8. The van der Waals surface area contributed by atoms with Crippen molar-refractivity contribution in [2.45, 2.75) is 32.7 Å². The molecule has 0 heterocycles. The van der Waals surface area contributed by atoms with E-state index in [2.05, 4.69) is 25.2 Å². The smallest absolute Gasteiger partial charge is 0.240 e. The minimum atomic E-state index is -0.345. The number of hydrogen-bond donors (Lipinski definition) is 2. The van der Waals surface area contributed by atoms with Crippen molar-refractivity contribution in [1.29, 1.82) is 0 Å². The number of nitrogens with one attached hydrogen (secondary N) is 1. The van der Waals surface area contributed by atoms with Crippen molar-refractivity contribution in [3.8, 4) is 0 Å². The fourth-order valence-corrected chi connectivity index (χ4v) is 3.12. The first-order valence-corrected chi connectivity index (χ1v) is 7.32. The minimum absolute atomic E-state index is 0.239. The second-order valence-electron chi connectivity index (χ2n) is 5.72. The molecule has 3 unspecified atom stereocenters. The normalized spacial score (nSPS) is 23.9. The first-order chi connectivity index (χ1) is 9.45. The molecule has 0 saturated carbocycles. The van der Waals surface area contributed by atoms with Crippen LogP contribution in [0, 0.1) is 11.8 Å². The summed E-state index contributed by atoms with van der Waals surface area (Å²) in [6.07, 6.45) is 4.17. The lowest BCUT2D eigenvalue weighted by molar-refractivity contribution is -0.119. The van der Waals surface area contributed by atoms with Gasteiger partial charge in [-0.1, -0.05) is 30.2 Å². The van der Waals surface area contributed by atoms with Gasteiger partial charge in [0.25, 0.3) is 0 Å². The van der Waals surface area contributed by atoms with Crippen LogP contribution in [0.15, 0.2) is 35.9 Å². The van der Waals surface area contributed by atoms with E-state index in [4.69, 9.17) is 17.3 Å². The van der Waals surface area contributed by atoms with Crippen molar-refractivity contribution < 1.29 is 4.79 Å². The van der Waals surface area contributed by atoms with E-state index in [0.29, 0.717) is 10.9 Å². The van der Waals surface area contributed by atoms with Gasteiger partial charge in [0, 0.05) is 10.7 Å². The Morgan fingerprint density at radius 1 is 1.40 bits per heavy atom. The summed E-state index contributed by atoms with van der Waals surface area (Å²) < 4.78 is 0. The van der Waals surface area contributed by atoms with Crippen molar-refractivity contribution in [3.63, 3.8) is 0 Å². The van der Waals surface area contributed by atoms with Crippen LogP contribution in [0.3, 0.4) is 0 Å². The molecule has 0 aromatic heterocycles. The van der Waals surface area contributed by atoms with Gasteiger partial charge in [-0.3, -0.25) is 4.79 Å². The molecule has 0 spiro atoms. The first-order valence-electron chi connectivity index (χ1n) is 6.94. The molecule has 1 aromatic carbocycles. The largest absolute Gasteiger partial charge is 0.373 e. The molecule has 1 amide bonds. The molecule has 108 valence electrons. The van der Waals surface area contributed by atoms with Gasteiger partial charge in [-0.15, -0.1) is 0 Å². The molecule has 3 atom stereocenters. The lowest BCUT2D eigenvalue weighted by atomic mass is 9.79. The highest BCUT2D eigenvalue weighted by Crippen LogP contribution is 2.31. The van der Waals surface area contributed by atoms with Crippen LogP contribution < -0.4 is 11.1 Å². The summed E-state index contributed by atoms with van der Waals surface area (Å²) in [5.41, 5.74) is 7.79. The van der Waals surface area contributed by atoms with Crippen molar-refractivity contribution in [2.24, 2.45) is 17.6 Å². The lowest BCUT2D eigenvalue weighted by Gasteiger charge is -2.31. The maximum atomic E-state index is 11.8. The number of carbonyl (C=O) groups is 1. The SMILES string of the molecule is CC1=CC(C)CC(C(Nc2ccc(Cl)cc2)C(N)=O)C1. The molecule has 0 aliphatic heterocycles. The van der Waals surface area contributed by atoms with Crippen LogP contribution in [0.5, 0.6) is 0 Å². The topological polar surface area (TPSA) is 55.1 Å². The van der Waals surface area contributed by atoms with Crippen molar-refractivity contribution in [2.75, 3.05) is 5.32 Å². The quantitative estimate of drug-likeness (QED) is 0.833. The number of nitrogens with two attached hydrogens (primary N) is 1. The third-order valence-corrected chi connectivity index (χ3v) is 4.02. The molecule has 0 radical (unpaired) electrons. The molecule has 0 fully saturated rings. The Labute approximate surface area is 125 Å². The number of hydrogen-bond acceptors (Lipinski definition) is 2. The second-order valence-corrected chi connectivity index (χ2v) is 6.16. The number of primary amides is 1. The summed E-state index contributed by atoms with van der Waals surface area (Å²) in [5, 5.41) is 3.93. The van der Waals surface area contributed by atoms with Crippen LogP contribution in [-0.2, 0) is 4.79 Å². The van der Waals surface area contributed by atoms with Gasteiger partial charge in [0.1, 0.15) is 6.04 Å². The fourth-order valence-electron chi connectivity index (χ4n) is 3.00. The van der Waals surface area contributed by atoms with Crippen LogP contribution in [0.1, 0.15) is 26.7 Å². The average molecular weight is 293 g/mol. The highest BCUT2D eigenvalue weighted by molar-refractivity contribution is 6.30. The number of rotatable bonds is 4. The van der Waals surface area contributed by atoms with Gasteiger partial charge in [0.15, 0.2) is 0 Å². The Morgan fingerprint density at radius 2 is 2.05 bits per heavy atom. The van der Waals surface area contributed by atoms with Gasteiger partial charge in [-0.2, -0.15) is 0 Å². The molecule has 20 heavy (non-hydrogen) atoms. The highest BCUT2D eigenvalue weighted by atomic mass is 35.5. The Morgan fingerprint density at radius 3 is 2.60 bits per heavy atom. The van der Waals surface area contributed by atoms with E-state index < -0.39 is 0 Å². The van der Waals surface area contributed by atoms with E-state index in [0.717, 1.165) is 18.5 Å². The van der Waals surface area contributed by atoms with Crippen molar-refractivity contribution >= 4 is 23.2 Å². The lowest BCUT2D eigenvalue weighted by Crippen LogP contribution is -2.43. The molecular weight excluding hydrogens is 272 g/mol. The van der Waals surface area contributed by atoms with Gasteiger partial charge >= 0.3 is 0 Å². The van der Waals surface area contributed by atoms with Crippen LogP contribution in [-0.4, -0.2) is 11.9 Å². The third kappa shape index (κ3) is 3.76. The molecule has 1 aliphatic carbocycles. The Hall–Kier alpha value is -1.48. The van der Waals surface area contributed by atoms with Gasteiger partial charge in [-0.25, -0.2) is 0 Å². The molecule has 0 bridgehead atoms. The van der Waals surface area contributed by atoms with E-state index in [1.807, 2.05) is 12.1 Å². The van der Waals surface area contributed by atoms with Gasteiger partial charge in [0.2, 0.25) is 5.91 Å². The predicted molar refractivity (Wildman–Crippen MR) is 83.7 cm³/mol. The highest BCUT2D eigenvalue weighted by Gasteiger charge is 2.30. The fraction of sp³-hybridized carbons (Fsp3) is 0.438. The average Bonchev–Trinajstić information content (AvgIpc) is 2.36. The molecular formula is C16H21ClN2O. The van der Waals surface area contributed by atoms with E-state index in [-0.39, 0.29) is 17.9 Å². The summed E-state index contributed by atoms with van der Waals surface area (Å²) in [4.78, 5) is 11.8. The van der Waals surface area contributed by atoms with Gasteiger partial charge in [0.05, 0.1) is 0 Å². The number of benzene rings is 1. The van der Waals surface area contributed by atoms with Crippen LogP contribution >= 0.6 is 11.6 Å². The van der Waals surface area contributed by atoms with Crippen LogP contribution in [0.25, 0.3) is 0 Å². The molecule has 4 heteroatoms. The number of carbonyl (C=O) groups excluding carboxylic acids is 1. The van der Waals surface area contributed by atoms with Crippen LogP contribution in [0.4, 0.5) is 5.69 Å². The number of halogens is 1. The molecule has 1 aromatic rings. The van der Waals surface area contributed by atoms with E-state index in [1.54, 1.807) is 12.1 Å². The zero-order chi connectivity index (χ0) is 14.7. The van der Waals surface area contributed by atoms with E-state index >= 15 is 0 Å². The second kappa shape index (κ2) is 6.31. The van der Waals surface area contributed by atoms with Crippen molar-refractivity contribution in [3.05, 3.63) is 40.9 Å². The summed E-state index contributed by atoms with van der Waals surface area (Å²) in [6, 6.07) is 7.00. The summed E-state index contributed by atoms with van der Waals surface area (Å²) >= 11 is 5.87. The van der Waals surface area contributed by atoms with E-state index in [9.17, 15) is 4.79 Å². The summed E-state index contributed by atoms with van der Waals surface area (Å²) in [6.45, 7) is 4.29. The predicted octanol–water partition coefficient (Wildman–Crippen LogP) is 3.60. The van der Waals surface area contributed by atoms with Gasteiger partial charge < -0.3 is 11.1 Å². The first kappa shape index (κ1) is 14.9. The summed E-state index contributed by atoms with van der Waals surface area (Å²) in [7, 11) is 0. The molecule has 3 nitrogen and oxygen atoms in total. The standard InChI is InChI=1S/C16H21ClN2O/c1-10-7-11(2)9-12(8-10)15(16(18)20)19-14-5-3-13(17)4-6-14/h3-7,10,12,15,19H,8-9H2,1-2H3,(H2,18,20). The molecule has 0 saturated heterocycles. The Kier molecular flexibility index (Phi) is 4.71. The van der Waals surface area contributed by atoms with Gasteiger partial charge in [-0.05, 0) is 55.9 Å². The zero-order valence-corrected chi connectivity index (χ0v) is 12.7. The number of allylic oxidation sites excluding steroid dienone is 2. The minimum Gasteiger partial charge on any atom is -0.373 e. The molecule has 1 aliphatic rings. The van der Waals surface area contributed by atoms with E-state index in [1.165, 1.54) is 5.57 Å². The van der Waals surface area contributed by atoms with Crippen molar-refractivity contribution in [1.82, 2.24) is 0 Å². The zero-order valence-electron chi connectivity index (χ0n) is 11.9. The monoisotopic (exact) mass is 292 g/mol. The maximum Gasteiger partial charge on any atom is 0.240 e. The number of amides is 1.